The van der Waals surface area contributed by atoms with Gasteiger partial charge >= 0.3 is 0 Å². The van der Waals surface area contributed by atoms with Crippen molar-refractivity contribution in [1.29, 1.82) is 0 Å². The van der Waals surface area contributed by atoms with Crippen molar-refractivity contribution in [3.05, 3.63) is 42.2 Å². The Kier molecular flexibility index (Phi) is 5.17. The normalized spacial score (nSPS) is 11.7. The molecule has 1 aromatic heterocycles. The van der Waals surface area contributed by atoms with E-state index in [4.69, 9.17) is 0 Å². The summed E-state index contributed by atoms with van der Waals surface area (Å²) >= 11 is 0. The van der Waals surface area contributed by atoms with Gasteiger partial charge < -0.3 is 4.57 Å². The molecule has 0 atom stereocenters. The molecule has 1 heterocycles. The van der Waals surface area contributed by atoms with Gasteiger partial charge in [-0.25, -0.2) is 18.1 Å². The van der Waals surface area contributed by atoms with Gasteiger partial charge in [-0.3, -0.25) is 10.1 Å². The number of carbonyl (C=O) groups is 1. The molecule has 0 spiro atoms. The van der Waals surface area contributed by atoms with Crippen LogP contribution in [0.3, 0.4) is 0 Å². The molecule has 0 bridgehead atoms. The van der Waals surface area contributed by atoms with Crippen LogP contribution < -0.4 is 10.0 Å². The fourth-order valence-electron chi connectivity index (χ4n) is 2.05. The van der Waals surface area contributed by atoms with Crippen LogP contribution in [0.1, 0.15) is 24.2 Å². The van der Waals surface area contributed by atoms with Gasteiger partial charge in [0, 0.05) is 24.5 Å². The highest BCUT2D eigenvalue weighted by Gasteiger charge is 2.14. The number of nitrogens with zero attached hydrogens (tertiary/aromatic N) is 2. The Morgan fingerprint density at radius 1 is 1.26 bits per heavy atom. The minimum Gasteiger partial charge on any atom is -0.317 e. The number of imidazole rings is 1. The molecule has 0 saturated heterocycles. The fourth-order valence-corrected chi connectivity index (χ4v) is 2.78. The molecule has 7 nitrogen and oxygen atoms in total. The molecular formula is C15H20N4O3S. The number of benzene rings is 1. The Bertz CT molecular complexity index is 779. The lowest BCUT2D eigenvalue weighted by molar-refractivity contribution is 0.102. The molecule has 0 radical (unpaired) electrons. The average Bonchev–Trinajstić information content (AvgIpc) is 2.93. The Morgan fingerprint density at radius 3 is 2.48 bits per heavy atom. The van der Waals surface area contributed by atoms with Crippen molar-refractivity contribution in [2.24, 2.45) is 5.92 Å². The summed E-state index contributed by atoms with van der Waals surface area (Å²) in [6, 6.07) is 5.72. The van der Waals surface area contributed by atoms with Crippen LogP contribution in [0, 0.1) is 5.92 Å². The maximum atomic E-state index is 12.3. The highest BCUT2D eigenvalue weighted by atomic mass is 32.2. The summed E-state index contributed by atoms with van der Waals surface area (Å²) in [5.74, 6) is 0.552. The predicted octanol–water partition coefficient (Wildman–Crippen LogP) is 1.70. The molecule has 0 aliphatic heterocycles. The molecule has 2 rings (SSSR count). The van der Waals surface area contributed by atoms with E-state index < -0.39 is 10.0 Å². The van der Waals surface area contributed by atoms with Gasteiger partial charge in [-0.2, -0.15) is 0 Å². The number of hydrogen-bond donors (Lipinski definition) is 2. The van der Waals surface area contributed by atoms with Crippen LogP contribution in [0.5, 0.6) is 0 Å². The monoisotopic (exact) mass is 336 g/mol. The molecule has 1 amide bonds. The summed E-state index contributed by atoms with van der Waals surface area (Å²) in [5, 5.41) is 2.73. The van der Waals surface area contributed by atoms with Gasteiger partial charge in [-0.15, -0.1) is 0 Å². The number of hydrogen-bond acceptors (Lipinski definition) is 4. The number of nitrogens with one attached hydrogen (secondary N) is 2. The maximum Gasteiger partial charge on any atom is 0.257 e. The van der Waals surface area contributed by atoms with Crippen molar-refractivity contribution in [3.8, 4) is 0 Å². The maximum absolute atomic E-state index is 12.3. The predicted molar refractivity (Wildman–Crippen MR) is 87.7 cm³/mol. The Hall–Kier alpha value is -2.19. The van der Waals surface area contributed by atoms with Crippen molar-refractivity contribution >= 4 is 21.9 Å². The standard InChI is InChI=1S/C15H20N4O3S/c1-11(2)10-19-9-8-17-15(19)18-14(20)12-4-6-13(7-5-12)23(21,22)16-3/h4-9,11,16H,10H2,1-3H3,(H,17,18,20). The van der Waals surface area contributed by atoms with Crippen LogP contribution in [0.2, 0.25) is 0 Å². The molecule has 124 valence electrons. The largest absolute Gasteiger partial charge is 0.317 e. The molecule has 0 fully saturated rings. The van der Waals surface area contributed by atoms with Crippen molar-refractivity contribution < 1.29 is 13.2 Å². The summed E-state index contributed by atoms with van der Waals surface area (Å²) in [7, 11) is -2.17. The van der Waals surface area contributed by atoms with Gasteiger partial charge in [0.1, 0.15) is 0 Å². The fraction of sp³-hybridized carbons (Fsp3) is 0.333. The Morgan fingerprint density at radius 2 is 1.91 bits per heavy atom. The van der Waals surface area contributed by atoms with Crippen LogP contribution in [-0.4, -0.2) is 30.9 Å². The molecule has 1 aromatic carbocycles. The number of aromatic nitrogens is 2. The minimum atomic E-state index is -3.51. The second-order valence-corrected chi connectivity index (χ2v) is 7.37. The second kappa shape index (κ2) is 6.93. The number of sulfonamides is 1. The zero-order valence-corrected chi connectivity index (χ0v) is 14.1. The third kappa shape index (κ3) is 4.17. The van der Waals surface area contributed by atoms with Crippen LogP contribution in [-0.2, 0) is 16.6 Å². The summed E-state index contributed by atoms with van der Waals surface area (Å²) < 4.78 is 27.4. The lowest BCUT2D eigenvalue weighted by atomic mass is 10.2. The van der Waals surface area contributed by atoms with E-state index in [1.165, 1.54) is 31.3 Å². The zero-order valence-electron chi connectivity index (χ0n) is 13.3. The quantitative estimate of drug-likeness (QED) is 0.839. The third-order valence-corrected chi connectivity index (χ3v) is 4.63. The number of carbonyl (C=O) groups excluding carboxylic acids is 1. The molecule has 2 N–H and O–H groups in total. The van der Waals surface area contributed by atoms with E-state index in [2.05, 4.69) is 28.9 Å². The van der Waals surface area contributed by atoms with Crippen molar-refractivity contribution in [2.75, 3.05) is 12.4 Å². The molecule has 0 unspecified atom stereocenters. The SMILES string of the molecule is CNS(=O)(=O)c1ccc(C(=O)Nc2nccn2CC(C)C)cc1. The molecule has 0 aliphatic rings. The number of amides is 1. The van der Waals surface area contributed by atoms with Gasteiger partial charge in [-0.1, -0.05) is 13.8 Å². The van der Waals surface area contributed by atoms with Gasteiger partial charge in [0.15, 0.2) is 0 Å². The van der Waals surface area contributed by atoms with Gasteiger partial charge in [0.2, 0.25) is 16.0 Å². The summed E-state index contributed by atoms with van der Waals surface area (Å²) in [4.78, 5) is 16.5. The summed E-state index contributed by atoms with van der Waals surface area (Å²) in [6.45, 7) is 4.90. The average molecular weight is 336 g/mol. The van der Waals surface area contributed by atoms with Crippen molar-refractivity contribution in [1.82, 2.24) is 14.3 Å². The smallest absolute Gasteiger partial charge is 0.257 e. The van der Waals surface area contributed by atoms with Crippen LogP contribution in [0.25, 0.3) is 0 Å². The first kappa shape index (κ1) is 17.2. The lowest BCUT2D eigenvalue weighted by Crippen LogP contribution is -2.19. The first-order chi connectivity index (χ1) is 10.8. The Balaban J connectivity index is 2.14. The lowest BCUT2D eigenvalue weighted by Gasteiger charge is -2.11. The molecule has 8 heteroatoms. The second-order valence-electron chi connectivity index (χ2n) is 5.48. The molecular weight excluding hydrogens is 316 g/mol. The van der Waals surface area contributed by atoms with Gasteiger partial charge in [0.05, 0.1) is 4.90 Å². The Labute approximate surface area is 135 Å². The van der Waals surface area contributed by atoms with E-state index in [1.807, 2.05) is 4.57 Å². The molecule has 0 saturated carbocycles. The first-order valence-corrected chi connectivity index (χ1v) is 8.68. The zero-order chi connectivity index (χ0) is 17.0. The van der Waals surface area contributed by atoms with E-state index in [9.17, 15) is 13.2 Å². The summed E-state index contributed by atoms with van der Waals surface area (Å²) in [5.41, 5.74) is 0.360. The van der Waals surface area contributed by atoms with E-state index in [-0.39, 0.29) is 10.8 Å². The van der Waals surface area contributed by atoms with Gasteiger partial charge in [-0.05, 0) is 37.2 Å². The molecule has 23 heavy (non-hydrogen) atoms. The van der Waals surface area contributed by atoms with E-state index in [0.29, 0.717) is 17.4 Å². The van der Waals surface area contributed by atoms with Crippen LogP contribution in [0.4, 0.5) is 5.95 Å². The third-order valence-electron chi connectivity index (χ3n) is 3.20. The highest BCUT2D eigenvalue weighted by Crippen LogP contribution is 2.13. The van der Waals surface area contributed by atoms with Crippen LogP contribution >= 0.6 is 0 Å². The number of anilines is 1. The van der Waals surface area contributed by atoms with Gasteiger partial charge in [0.25, 0.3) is 5.91 Å². The van der Waals surface area contributed by atoms with Crippen molar-refractivity contribution in [3.63, 3.8) is 0 Å². The molecule has 2 aromatic rings. The first-order valence-electron chi connectivity index (χ1n) is 7.19. The number of rotatable bonds is 6. The van der Waals surface area contributed by atoms with E-state index >= 15 is 0 Å². The summed E-state index contributed by atoms with van der Waals surface area (Å²) in [6.07, 6.45) is 3.43. The topological polar surface area (TPSA) is 93.1 Å². The van der Waals surface area contributed by atoms with E-state index in [1.54, 1.807) is 12.4 Å². The minimum absolute atomic E-state index is 0.109. The highest BCUT2D eigenvalue weighted by molar-refractivity contribution is 7.89. The van der Waals surface area contributed by atoms with Crippen LogP contribution in [0.15, 0.2) is 41.6 Å². The van der Waals surface area contributed by atoms with Crippen molar-refractivity contribution in [2.45, 2.75) is 25.3 Å². The molecule has 0 aliphatic carbocycles. The van der Waals surface area contributed by atoms with E-state index in [0.717, 1.165) is 6.54 Å².